The van der Waals surface area contributed by atoms with E-state index in [0.29, 0.717) is 17.8 Å². The number of hydrogen-bond donors (Lipinski definition) is 1. The van der Waals surface area contributed by atoms with Crippen LogP contribution in [-0.4, -0.2) is 24.7 Å². The Labute approximate surface area is 116 Å². The van der Waals surface area contributed by atoms with Crippen molar-refractivity contribution in [2.24, 2.45) is 0 Å². The van der Waals surface area contributed by atoms with E-state index in [1.807, 2.05) is 24.3 Å². The van der Waals surface area contributed by atoms with E-state index in [2.05, 4.69) is 20.1 Å². The van der Waals surface area contributed by atoms with Crippen molar-refractivity contribution in [3.8, 4) is 0 Å². The van der Waals surface area contributed by atoms with Gasteiger partial charge >= 0.3 is 0 Å². The highest BCUT2D eigenvalue weighted by atomic mass is 32.1. The van der Waals surface area contributed by atoms with Gasteiger partial charge in [0.2, 0.25) is 0 Å². The Morgan fingerprint density at radius 2 is 2.20 bits per heavy atom. The van der Waals surface area contributed by atoms with Gasteiger partial charge in [0, 0.05) is 10.1 Å². The molecule has 0 unspecified atom stereocenters. The molecule has 7 heteroatoms. The van der Waals surface area contributed by atoms with Gasteiger partial charge in [-0.3, -0.25) is 4.79 Å². The topological polar surface area (TPSA) is 76.5 Å². The summed E-state index contributed by atoms with van der Waals surface area (Å²) in [4.78, 5) is 24.2. The van der Waals surface area contributed by atoms with Crippen molar-refractivity contribution in [3.63, 3.8) is 0 Å². The first kappa shape index (κ1) is 11.3. The minimum atomic E-state index is -0.109. The monoisotopic (exact) mass is 283 g/mol. The number of fused-ring (bicyclic) bond motifs is 3. The van der Waals surface area contributed by atoms with Gasteiger partial charge in [0.15, 0.2) is 0 Å². The van der Waals surface area contributed by atoms with Gasteiger partial charge in [-0.1, -0.05) is 18.2 Å². The van der Waals surface area contributed by atoms with Crippen molar-refractivity contribution in [3.05, 3.63) is 53.1 Å². The van der Waals surface area contributed by atoms with Crippen LogP contribution in [0.2, 0.25) is 0 Å². The fraction of sp³-hybridized carbons (Fsp3) is 0.0769. The van der Waals surface area contributed by atoms with Crippen molar-refractivity contribution >= 4 is 31.6 Å². The van der Waals surface area contributed by atoms with E-state index in [4.69, 9.17) is 0 Å². The average Bonchev–Trinajstić information content (AvgIpc) is 3.05. The number of rotatable bonds is 2. The number of aromatic amines is 1. The zero-order valence-corrected chi connectivity index (χ0v) is 11.1. The molecule has 20 heavy (non-hydrogen) atoms. The smallest absolute Gasteiger partial charge is 0.260 e. The maximum Gasteiger partial charge on any atom is 0.260 e. The lowest BCUT2D eigenvalue weighted by molar-refractivity contribution is 0.654. The molecule has 3 heterocycles. The van der Waals surface area contributed by atoms with Crippen molar-refractivity contribution in [1.82, 2.24) is 24.7 Å². The van der Waals surface area contributed by atoms with Crippen molar-refractivity contribution in [1.29, 1.82) is 0 Å². The van der Waals surface area contributed by atoms with Crippen LogP contribution in [0.3, 0.4) is 0 Å². The number of nitrogens with zero attached hydrogens (tertiary/aromatic N) is 4. The van der Waals surface area contributed by atoms with Gasteiger partial charge in [-0.05, 0) is 6.07 Å². The lowest BCUT2D eigenvalue weighted by Gasteiger charge is -2.00. The van der Waals surface area contributed by atoms with E-state index in [1.54, 1.807) is 11.0 Å². The molecule has 1 aromatic carbocycles. The molecule has 0 atom stereocenters. The molecule has 0 spiro atoms. The second kappa shape index (κ2) is 4.24. The molecule has 3 aromatic heterocycles. The zero-order chi connectivity index (χ0) is 13.5. The lowest BCUT2D eigenvalue weighted by atomic mass is 10.2. The Balaban J connectivity index is 1.94. The third-order valence-corrected chi connectivity index (χ3v) is 4.14. The number of benzene rings is 1. The highest BCUT2D eigenvalue weighted by Gasteiger charge is 2.11. The third kappa shape index (κ3) is 1.71. The van der Waals surface area contributed by atoms with Crippen LogP contribution in [0.4, 0.5) is 0 Å². The van der Waals surface area contributed by atoms with Gasteiger partial charge in [0.25, 0.3) is 5.56 Å². The first-order valence-electron chi connectivity index (χ1n) is 6.04. The summed E-state index contributed by atoms with van der Waals surface area (Å²) in [6, 6.07) is 7.83. The van der Waals surface area contributed by atoms with Crippen LogP contribution < -0.4 is 5.56 Å². The molecule has 98 valence electrons. The van der Waals surface area contributed by atoms with Gasteiger partial charge in [-0.15, -0.1) is 11.3 Å². The molecule has 0 radical (unpaired) electrons. The lowest BCUT2D eigenvalue weighted by Crippen LogP contribution is -2.13. The molecule has 1 N–H and O–H groups in total. The Morgan fingerprint density at radius 1 is 1.30 bits per heavy atom. The fourth-order valence-electron chi connectivity index (χ4n) is 2.22. The predicted octanol–water partition coefficient (Wildman–Crippen LogP) is 1.78. The standard InChI is InChI=1S/C13H9N5OS/c19-12-11-8-3-1-2-4-9(8)20-13(11)17-10(16-12)5-18-7-14-6-15-18/h1-4,6-7H,5H2,(H,16,17,19). The van der Waals surface area contributed by atoms with Crippen molar-refractivity contribution in [2.75, 3.05) is 0 Å². The molecule has 0 aliphatic rings. The maximum absolute atomic E-state index is 12.3. The molecule has 0 aliphatic heterocycles. The average molecular weight is 283 g/mol. The molecular formula is C13H9N5OS. The minimum absolute atomic E-state index is 0.109. The Bertz CT molecular complexity index is 954. The van der Waals surface area contributed by atoms with Crippen LogP contribution >= 0.6 is 11.3 Å². The molecule has 6 nitrogen and oxygen atoms in total. The van der Waals surface area contributed by atoms with Gasteiger partial charge in [-0.2, -0.15) is 5.10 Å². The predicted molar refractivity (Wildman–Crippen MR) is 76.9 cm³/mol. The van der Waals surface area contributed by atoms with Gasteiger partial charge in [0.05, 0.1) is 5.39 Å². The van der Waals surface area contributed by atoms with E-state index in [1.165, 1.54) is 17.7 Å². The summed E-state index contributed by atoms with van der Waals surface area (Å²) in [5.74, 6) is 0.583. The summed E-state index contributed by atoms with van der Waals surface area (Å²) in [5, 5.41) is 5.62. The molecule has 0 saturated carbocycles. The van der Waals surface area contributed by atoms with E-state index in [9.17, 15) is 4.79 Å². The normalized spacial score (nSPS) is 11.4. The quantitative estimate of drug-likeness (QED) is 0.608. The van der Waals surface area contributed by atoms with Crippen LogP contribution in [-0.2, 0) is 6.54 Å². The largest absolute Gasteiger partial charge is 0.308 e. The minimum Gasteiger partial charge on any atom is -0.308 e. The Kier molecular flexibility index (Phi) is 2.40. The number of hydrogen-bond acceptors (Lipinski definition) is 5. The van der Waals surface area contributed by atoms with Crippen LogP contribution in [0.15, 0.2) is 41.7 Å². The summed E-state index contributed by atoms with van der Waals surface area (Å²) < 4.78 is 2.69. The zero-order valence-electron chi connectivity index (χ0n) is 10.3. The highest BCUT2D eigenvalue weighted by molar-refractivity contribution is 7.25. The third-order valence-electron chi connectivity index (χ3n) is 3.08. The second-order valence-electron chi connectivity index (χ2n) is 4.38. The molecule has 4 rings (SSSR count). The molecule has 0 fully saturated rings. The number of thiophene rings is 1. The molecule has 0 bridgehead atoms. The SMILES string of the molecule is O=c1[nH]c(Cn2cncn2)nc2sc3ccccc3c12. The van der Waals surface area contributed by atoms with Crippen molar-refractivity contribution < 1.29 is 0 Å². The van der Waals surface area contributed by atoms with E-state index < -0.39 is 0 Å². The number of nitrogens with one attached hydrogen (secondary N) is 1. The second-order valence-corrected chi connectivity index (χ2v) is 5.41. The molecule has 0 aliphatic carbocycles. The van der Waals surface area contributed by atoms with E-state index in [0.717, 1.165) is 14.9 Å². The molecule has 0 amide bonds. The van der Waals surface area contributed by atoms with Crippen LogP contribution in [0.1, 0.15) is 5.82 Å². The van der Waals surface area contributed by atoms with Crippen LogP contribution in [0, 0.1) is 0 Å². The summed E-state index contributed by atoms with van der Waals surface area (Å²) in [5.41, 5.74) is -0.109. The number of aromatic nitrogens is 5. The highest BCUT2D eigenvalue weighted by Crippen LogP contribution is 2.29. The summed E-state index contributed by atoms with van der Waals surface area (Å²) in [6.45, 7) is 0.402. The fourth-order valence-corrected chi connectivity index (χ4v) is 3.31. The van der Waals surface area contributed by atoms with E-state index in [-0.39, 0.29) is 5.56 Å². The van der Waals surface area contributed by atoms with Crippen molar-refractivity contribution in [2.45, 2.75) is 6.54 Å². The molecule has 4 aromatic rings. The van der Waals surface area contributed by atoms with Crippen LogP contribution in [0.5, 0.6) is 0 Å². The first-order valence-corrected chi connectivity index (χ1v) is 6.86. The summed E-state index contributed by atoms with van der Waals surface area (Å²) in [6.07, 6.45) is 3.05. The maximum atomic E-state index is 12.3. The Morgan fingerprint density at radius 3 is 3.05 bits per heavy atom. The molecule has 0 saturated heterocycles. The van der Waals surface area contributed by atoms with Gasteiger partial charge in [-0.25, -0.2) is 14.6 Å². The van der Waals surface area contributed by atoms with Gasteiger partial charge in [0.1, 0.15) is 29.9 Å². The number of H-pyrrole nitrogens is 1. The van der Waals surface area contributed by atoms with Gasteiger partial charge < -0.3 is 4.98 Å². The van der Waals surface area contributed by atoms with E-state index >= 15 is 0 Å². The summed E-state index contributed by atoms with van der Waals surface area (Å²) in [7, 11) is 0. The molecular weight excluding hydrogens is 274 g/mol. The first-order chi connectivity index (χ1) is 9.81. The Hall–Kier alpha value is -2.54. The summed E-state index contributed by atoms with van der Waals surface area (Å²) >= 11 is 1.53. The van der Waals surface area contributed by atoms with Crippen LogP contribution in [0.25, 0.3) is 20.3 Å².